The Kier molecular flexibility index (Phi) is 3.09. The molecule has 0 radical (unpaired) electrons. The molecule has 2 heterocycles. The van der Waals surface area contributed by atoms with Gasteiger partial charge in [0.2, 0.25) is 0 Å². The summed E-state index contributed by atoms with van der Waals surface area (Å²) in [5.74, 6) is -1.20. The topological polar surface area (TPSA) is 67.5 Å². The number of imidazole rings is 1. The maximum Gasteiger partial charge on any atom is 0.416 e. The molecule has 0 saturated heterocycles. The number of hydrogen-bond acceptors (Lipinski definition) is 3. The van der Waals surface area contributed by atoms with Crippen molar-refractivity contribution in [2.45, 2.75) is 6.18 Å². The lowest BCUT2D eigenvalue weighted by atomic mass is 10.1. The zero-order valence-corrected chi connectivity index (χ0v) is 10.9. The summed E-state index contributed by atoms with van der Waals surface area (Å²) in [6.45, 7) is 0. The number of nitrogens with zero attached hydrogens (tertiary/aromatic N) is 3. The summed E-state index contributed by atoms with van der Waals surface area (Å²) in [5.41, 5.74) is 0.438. The van der Waals surface area contributed by atoms with Crippen LogP contribution in [-0.2, 0) is 6.18 Å². The normalized spacial score (nSPS) is 11.8. The van der Waals surface area contributed by atoms with E-state index in [4.69, 9.17) is 5.11 Å². The number of rotatable bonds is 2. The molecule has 0 unspecified atom stereocenters. The summed E-state index contributed by atoms with van der Waals surface area (Å²) < 4.78 is 39.2. The van der Waals surface area contributed by atoms with Crippen molar-refractivity contribution < 1.29 is 23.1 Å². The average molecular weight is 307 g/mol. The molecule has 0 aliphatic heterocycles. The van der Waals surface area contributed by atoms with Crippen molar-refractivity contribution in [3.8, 4) is 11.3 Å². The van der Waals surface area contributed by atoms with Crippen LogP contribution in [0.5, 0.6) is 0 Å². The van der Waals surface area contributed by atoms with Crippen LogP contribution in [0.3, 0.4) is 0 Å². The van der Waals surface area contributed by atoms with E-state index in [0.29, 0.717) is 16.9 Å². The van der Waals surface area contributed by atoms with Crippen LogP contribution >= 0.6 is 0 Å². The fourth-order valence-electron chi connectivity index (χ4n) is 2.04. The van der Waals surface area contributed by atoms with Crippen LogP contribution in [0.2, 0.25) is 0 Å². The third-order valence-corrected chi connectivity index (χ3v) is 3.12. The number of alkyl halides is 3. The number of aromatic nitrogens is 3. The molecular formula is C14H8F3N3O2. The van der Waals surface area contributed by atoms with E-state index < -0.39 is 17.7 Å². The molecule has 0 saturated carbocycles. The molecule has 0 fully saturated rings. The lowest BCUT2D eigenvalue weighted by molar-refractivity contribution is -0.137. The number of carboxylic acid groups (broad SMARTS) is 1. The van der Waals surface area contributed by atoms with E-state index in [1.54, 1.807) is 0 Å². The van der Waals surface area contributed by atoms with Crippen molar-refractivity contribution >= 4 is 11.6 Å². The van der Waals surface area contributed by atoms with Gasteiger partial charge < -0.3 is 5.11 Å². The molecule has 8 heteroatoms. The van der Waals surface area contributed by atoms with Gasteiger partial charge in [-0.3, -0.25) is 4.40 Å². The molecule has 0 aliphatic carbocycles. The SMILES string of the molecule is O=C(O)c1cn2c(-c3ccc(C(F)(F)F)cc3)cnc2cn1. The summed E-state index contributed by atoms with van der Waals surface area (Å²) in [6.07, 6.45) is -0.391. The Bertz CT molecular complexity index is 854. The molecule has 0 amide bonds. The predicted molar refractivity (Wildman–Crippen MR) is 70.4 cm³/mol. The number of fused-ring (bicyclic) bond motifs is 1. The summed E-state index contributed by atoms with van der Waals surface area (Å²) in [5, 5.41) is 8.95. The van der Waals surface area contributed by atoms with Crippen LogP contribution in [0.4, 0.5) is 13.2 Å². The highest BCUT2D eigenvalue weighted by Gasteiger charge is 2.30. The van der Waals surface area contributed by atoms with Crippen LogP contribution in [0.25, 0.3) is 16.9 Å². The Morgan fingerprint density at radius 3 is 2.36 bits per heavy atom. The van der Waals surface area contributed by atoms with Gasteiger partial charge in [0.15, 0.2) is 11.3 Å². The van der Waals surface area contributed by atoms with Crippen LogP contribution in [0.1, 0.15) is 16.1 Å². The molecule has 0 spiro atoms. The van der Waals surface area contributed by atoms with Crippen LogP contribution in [0.15, 0.2) is 42.9 Å². The molecule has 1 N–H and O–H groups in total. The summed E-state index contributed by atoms with van der Waals surface area (Å²) >= 11 is 0. The summed E-state index contributed by atoms with van der Waals surface area (Å²) in [6, 6.07) is 4.56. The summed E-state index contributed by atoms with van der Waals surface area (Å²) in [7, 11) is 0. The number of benzene rings is 1. The number of aromatic carboxylic acids is 1. The molecule has 1 aromatic carbocycles. The molecule has 0 atom stereocenters. The zero-order valence-electron chi connectivity index (χ0n) is 10.9. The minimum atomic E-state index is -4.40. The lowest BCUT2D eigenvalue weighted by Gasteiger charge is -2.07. The maximum atomic E-state index is 12.6. The zero-order chi connectivity index (χ0) is 15.9. The van der Waals surface area contributed by atoms with Crippen molar-refractivity contribution in [1.29, 1.82) is 0 Å². The van der Waals surface area contributed by atoms with Crippen LogP contribution in [-0.4, -0.2) is 25.4 Å². The van der Waals surface area contributed by atoms with Crippen LogP contribution < -0.4 is 0 Å². The van der Waals surface area contributed by atoms with Gasteiger partial charge >= 0.3 is 12.1 Å². The van der Waals surface area contributed by atoms with Gasteiger partial charge in [-0.1, -0.05) is 12.1 Å². The first-order chi connectivity index (χ1) is 10.4. The van der Waals surface area contributed by atoms with E-state index in [1.165, 1.54) is 35.1 Å². The molecular weight excluding hydrogens is 299 g/mol. The van der Waals surface area contributed by atoms with Gasteiger partial charge in [0.25, 0.3) is 0 Å². The summed E-state index contributed by atoms with van der Waals surface area (Å²) in [4.78, 5) is 18.7. The number of carboxylic acids is 1. The lowest BCUT2D eigenvalue weighted by Crippen LogP contribution is -2.04. The van der Waals surface area contributed by atoms with Gasteiger partial charge in [0.05, 0.1) is 23.7 Å². The molecule has 22 heavy (non-hydrogen) atoms. The highest BCUT2D eigenvalue weighted by molar-refractivity contribution is 5.85. The third-order valence-electron chi connectivity index (χ3n) is 3.12. The Balaban J connectivity index is 2.10. The number of carbonyl (C=O) groups is 1. The Labute approximate surface area is 121 Å². The molecule has 0 bridgehead atoms. The van der Waals surface area contributed by atoms with Gasteiger partial charge in [0.1, 0.15) is 0 Å². The van der Waals surface area contributed by atoms with E-state index in [1.807, 2.05) is 0 Å². The fraction of sp³-hybridized carbons (Fsp3) is 0.0714. The standard InChI is InChI=1S/C14H8F3N3O2/c15-14(16,17)9-3-1-8(2-4-9)11-5-19-12-6-18-10(13(21)22)7-20(11)12/h1-7H,(H,21,22). The van der Waals surface area contributed by atoms with Gasteiger partial charge in [-0.2, -0.15) is 13.2 Å². The van der Waals surface area contributed by atoms with E-state index >= 15 is 0 Å². The van der Waals surface area contributed by atoms with Crippen molar-refractivity contribution in [3.05, 3.63) is 54.1 Å². The van der Waals surface area contributed by atoms with Gasteiger partial charge in [-0.05, 0) is 12.1 Å². The maximum absolute atomic E-state index is 12.6. The second-order valence-electron chi connectivity index (χ2n) is 4.52. The van der Waals surface area contributed by atoms with Crippen molar-refractivity contribution in [2.75, 3.05) is 0 Å². The van der Waals surface area contributed by atoms with Gasteiger partial charge in [-0.15, -0.1) is 0 Å². The van der Waals surface area contributed by atoms with Gasteiger partial charge in [0, 0.05) is 11.8 Å². The smallest absolute Gasteiger partial charge is 0.416 e. The highest BCUT2D eigenvalue weighted by Crippen LogP contribution is 2.31. The molecule has 3 aromatic rings. The Morgan fingerprint density at radius 2 is 1.77 bits per heavy atom. The van der Waals surface area contributed by atoms with E-state index in [2.05, 4.69) is 9.97 Å². The predicted octanol–water partition coefficient (Wildman–Crippen LogP) is 3.11. The van der Waals surface area contributed by atoms with Crippen molar-refractivity contribution in [1.82, 2.24) is 14.4 Å². The average Bonchev–Trinajstić information content (AvgIpc) is 2.89. The largest absolute Gasteiger partial charge is 0.476 e. The second-order valence-corrected chi connectivity index (χ2v) is 4.52. The minimum absolute atomic E-state index is 0.182. The minimum Gasteiger partial charge on any atom is -0.476 e. The number of halogens is 3. The molecule has 2 aromatic heterocycles. The van der Waals surface area contributed by atoms with E-state index in [0.717, 1.165) is 12.1 Å². The monoisotopic (exact) mass is 307 g/mol. The van der Waals surface area contributed by atoms with Gasteiger partial charge in [-0.25, -0.2) is 14.8 Å². The Morgan fingerprint density at radius 1 is 1.09 bits per heavy atom. The first-order valence-electron chi connectivity index (χ1n) is 6.10. The molecule has 112 valence electrons. The van der Waals surface area contributed by atoms with Crippen molar-refractivity contribution in [2.24, 2.45) is 0 Å². The molecule has 0 aliphatic rings. The quantitative estimate of drug-likeness (QED) is 0.790. The fourth-order valence-corrected chi connectivity index (χ4v) is 2.04. The van der Waals surface area contributed by atoms with Crippen molar-refractivity contribution in [3.63, 3.8) is 0 Å². The first kappa shape index (κ1) is 14.1. The third kappa shape index (κ3) is 2.39. The first-order valence-corrected chi connectivity index (χ1v) is 6.10. The number of hydrogen-bond donors (Lipinski definition) is 1. The van der Waals surface area contributed by atoms with Crippen LogP contribution in [0, 0.1) is 0 Å². The van der Waals surface area contributed by atoms with E-state index in [-0.39, 0.29) is 5.69 Å². The highest BCUT2D eigenvalue weighted by atomic mass is 19.4. The molecule has 3 rings (SSSR count). The second kappa shape index (κ2) is 4.83. The molecule has 5 nitrogen and oxygen atoms in total. The van der Waals surface area contributed by atoms with E-state index in [9.17, 15) is 18.0 Å². The Hall–Kier alpha value is -2.90.